The van der Waals surface area contributed by atoms with E-state index in [-0.39, 0.29) is 24.7 Å². The van der Waals surface area contributed by atoms with Crippen molar-refractivity contribution in [2.45, 2.75) is 26.2 Å². The summed E-state index contributed by atoms with van der Waals surface area (Å²) in [5, 5.41) is 0.606. The third-order valence-electron chi connectivity index (χ3n) is 4.07. The Morgan fingerprint density at radius 3 is 2.39 bits per heavy atom. The number of halogens is 1. The van der Waals surface area contributed by atoms with Gasteiger partial charge in [-0.2, -0.15) is 0 Å². The van der Waals surface area contributed by atoms with Crippen LogP contribution in [0.5, 0.6) is 0 Å². The van der Waals surface area contributed by atoms with Crippen LogP contribution in [0.1, 0.15) is 23.4 Å². The van der Waals surface area contributed by atoms with Gasteiger partial charge in [-0.05, 0) is 24.6 Å². The molecule has 1 aromatic heterocycles. The molecule has 0 unspecified atom stereocenters. The van der Waals surface area contributed by atoms with Gasteiger partial charge in [0.15, 0.2) is 11.7 Å². The summed E-state index contributed by atoms with van der Waals surface area (Å²) in [6.45, 7) is 2.02. The molecule has 3 rings (SSSR count). The molecule has 0 radical (unpaired) electrons. The number of benzene rings is 2. The molecule has 0 aliphatic carbocycles. The van der Waals surface area contributed by atoms with E-state index in [1.807, 2.05) is 31.2 Å². The Labute approximate surface area is 167 Å². The number of amides is 2. The van der Waals surface area contributed by atoms with Gasteiger partial charge in [-0.25, -0.2) is 4.98 Å². The number of carbonyl (C=O) groups excluding carboxylic acids is 2. The number of hydrogen-bond acceptors (Lipinski definition) is 4. The molecule has 0 aliphatic rings. The second-order valence-electron chi connectivity index (χ2n) is 6.38. The second-order valence-corrected chi connectivity index (χ2v) is 6.82. The lowest BCUT2D eigenvalue weighted by Crippen LogP contribution is -2.42. The fraction of sp³-hybridized carbons (Fsp3) is 0.190. The highest BCUT2D eigenvalue weighted by atomic mass is 35.5. The first-order chi connectivity index (χ1) is 13.5. The van der Waals surface area contributed by atoms with E-state index in [2.05, 4.69) is 15.8 Å². The SMILES string of the molecule is Cc1ccc(-c2cnc(CCC(=O)NNC(=O)Cc3ccc(Cl)cc3)o2)cc1. The number of hydrazine groups is 1. The molecule has 2 N–H and O–H groups in total. The lowest BCUT2D eigenvalue weighted by Gasteiger charge is -2.07. The Hall–Kier alpha value is -3.12. The second kappa shape index (κ2) is 9.19. The van der Waals surface area contributed by atoms with E-state index in [0.717, 1.165) is 11.1 Å². The van der Waals surface area contributed by atoms with Crippen LogP contribution in [0.4, 0.5) is 0 Å². The van der Waals surface area contributed by atoms with Crippen molar-refractivity contribution in [3.05, 3.63) is 76.8 Å². The molecule has 7 heteroatoms. The molecule has 0 atom stereocenters. The highest BCUT2D eigenvalue weighted by Gasteiger charge is 2.10. The van der Waals surface area contributed by atoms with Crippen LogP contribution in [-0.2, 0) is 22.4 Å². The van der Waals surface area contributed by atoms with E-state index in [0.29, 0.717) is 23.1 Å². The third kappa shape index (κ3) is 5.69. The van der Waals surface area contributed by atoms with E-state index >= 15 is 0 Å². The van der Waals surface area contributed by atoms with Crippen LogP contribution in [0.3, 0.4) is 0 Å². The van der Waals surface area contributed by atoms with Gasteiger partial charge in [0.05, 0.1) is 12.6 Å². The van der Waals surface area contributed by atoms with E-state index < -0.39 is 0 Å². The first-order valence-electron chi connectivity index (χ1n) is 8.83. The smallest absolute Gasteiger partial charge is 0.242 e. The standard InChI is InChI=1S/C21H20ClN3O3/c1-14-2-6-16(7-3-14)18-13-23-21(28-18)11-10-19(26)24-25-20(27)12-15-4-8-17(22)9-5-15/h2-9,13H,10-12H2,1H3,(H,24,26)(H,25,27). The van der Waals surface area contributed by atoms with Gasteiger partial charge in [0, 0.05) is 23.4 Å². The zero-order valence-electron chi connectivity index (χ0n) is 15.4. The topological polar surface area (TPSA) is 84.2 Å². The summed E-state index contributed by atoms with van der Waals surface area (Å²) in [6.07, 6.45) is 2.28. The van der Waals surface area contributed by atoms with Crippen molar-refractivity contribution in [3.8, 4) is 11.3 Å². The molecule has 2 aromatic carbocycles. The van der Waals surface area contributed by atoms with Gasteiger partial charge in [0.1, 0.15) is 0 Å². The summed E-state index contributed by atoms with van der Waals surface area (Å²) in [5.74, 6) is 0.498. The molecular weight excluding hydrogens is 378 g/mol. The molecule has 0 spiro atoms. The Balaban J connectivity index is 1.42. The lowest BCUT2D eigenvalue weighted by molar-refractivity contribution is -0.128. The number of carbonyl (C=O) groups is 2. The van der Waals surface area contributed by atoms with Crippen molar-refractivity contribution in [3.63, 3.8) is 0 Å². The maximum atomic E-state index is 11.9. The Kier molecular flexibility index (Phi) is 6.45. The highest BCUT2D eigenvalue weighted by Crippen LogP contribution is 2.21. The van der Waals surface area contributed by atoms with Crippen LogP contribution in [0.25, 0.3) is 11.3 Å². The first-order valence-corrected chi connectivity index (χ1v) is 9.21. The molecule has 6 nitrogen and oxygen atoms in total. The first kappa shape index (κ1) is 19.6. The van der Waals surface area contributed by atoms with Crippen molar-refractivity contribution >= 4 is 23.4 Å². The van der Waals surface area contributed by atoms with E-state index in [9.17, 15) is 9.59 Å². The van der Waals surface area contributed by atoms with E-state index in [1.165, 1.54) is 5.56 Å². The fourth-order valence-electron chi connectivity index (χ4n) is 2.53. The Morgan fingerprint density at radius 1 is 1.00 bits per heavy atom. The molecule has 0 fully saturated rings. The zero-order valence-corrected chi connectivity index (χ0v) is 16.1. The predicted molar refractivity (Wildman–Crippen MR) is 106 cm³/mol. The number of rotatable bonds is 6. The molecule has 0 aliphatic heterocycles. The number of nitrogens with one attached hydrogen (secondary N) is 2. The quantitative estimate of drug-likeness (QED) is 0.622. The molecule has 0 saturated carbocycles. The summed E-state index contributed by atoms with van der Waals surface area (Å²) in [4.78, 5) is 28.0. The summed E-state index contributed by atoms with van der Waals surface area (Å²) in [5.41, 5.74) is 7.69. The van der Waals surface area contributed by atoms with Crippen LogP contribution in [-0.4, -0.2) is 16.8 Å². The molecule has 1 heterocycles. The van der Waals surface area contributed by atoms with Gasteiger partial charge in [-0.3, -0.25) is 20.4 Å². The molecule has 3 aromatic rings. The number of oxazole rings is 1. The van der Waals surface area contributed by atoms with Gasteiger partial charge >= 0.3 is 0 Å². The van der Waals surface area contributed by atoms with Crippen LogP contribution in [0.2, 0.25) is 5.02 Å². The molecule has 0 bridgehead atoms. The van der Waals surface area contributed by atoms with Gasteiger partial charge in [0.2, 0.25) is 11.8 Å². The maximum Gasteiger partial charge on any atom is 0.242 e. The summed E-state index contributed by atoms with van der Waals surface area (Å²) in [6, 6.07) is 14.9. The Morgan fingerprint density at radius 2 is 1.68 bits per heavy atom. The average molecular weight is 398 g/mol. The molecule has 2 amide bonds. The third-order valence-corrected chi connectivity index (χ3v) is 4.33. The van der Waals surface area contributed by atoms with Crippen LogP contribution in [0, 0.1) is 6.92 Å². The van der Waals surface area contributed by atoms with Gasteiger partial charge in [-0.15, -0.1) is 0 Å². The minimum Gasteiger partial charge on any atom is -0.441 e. The van der Waals surface area contributed by atoms with Crippen molar-refractivity contribution in [1.82, 2.24) is 15.8 Å². The number of aryl methyl sites for hydroxylation is 2. The normalized spacial score (nSPS) is 10.5. The Bertz CT molecular complexity index is 950. The zero-order chi connectivity index (χ0) is 19.9. The summed E-state index contributed by atoms with van der Waals surface area (Å²) < 4.78 is 5.68. The van der Waals surface area contributed by atoms with E-state index in [4.69, 9.17) is 16.0 Å². The minimum atomic E-state index is -0.320. The molecule has 0 saturated heterocycles. The largest absolute Gasteiger partial charge is 0.441 e. The van der Waals surface area contributed by atoms with Crippen molar-refractivity contribution in [1.29, 1.82) is 0 Å². The number of nitrogens with zero attached hydrogens (tertiary/aromatic N) is 1. The summed E-state index contributed by atoms with van der Waals surface area (Å²) >= 11 is 5.81. The summed E-state index contributed by atoms with van der Waals surface area (Å²) in [7, 11) is 0. The lowest BCUT2D eigenvalue weighted by atomic mass is 10.1. The molecule has 28 heavy (non-hydrogen) atoms. The molecular formula is C21H20ClN3O3. The van der Waals surface area contributed by atoms with E-state index in [1.54, 1.807) is 30.5 Å². The highest BCUT2D eigenvalue weighted by molar-refractivity contribution is 6.30. The number of aromatic nitrogens is 1. The maximum absolute atomic E-state index is 11.9. The van der Waals surface area contributed by atoms with Gasteiger partial charge < -0.3 is 4.42 Å². The predicted octanol–water partition coefficient (Wildman–Crippen LogP) is 3.63. The minimum absolute atomic E-state index is 0.148. The molecule has 144 valence electrons. The van der Waals surface area contributed by atoms with Crippen molar-refractivity contribution < 1.29 is 14.0 Å². The van der Waals surface area contributed by atoms with Gasteiger partial charge in [0.25, 0.3) is 0 Å². The monoisotopic (exact) mass is 397 g/mol. The van der Waals surface area contributed by atoms with Crippen LogP contribution >= 0.6 is 11.6 Å². The van der Waals surface area contributed by atoms with Crippen molar-refractivity contribution in [2.75, 3.05) is 0 Å². The van der Waals surface area contributed by atoms with Crippen LogP contribution in [0.15, 0.2) is 59.1 Å². The fourth-order valence-corrected chi connectivity index (χ4v) is 2.66. The number of hydrogen-bond donors (Lipinski definition) is 2. The van der Waals surface area contributed by atoms with Crippen molar-refractivity contribution in [2.24, 2.45) is 0 Å². The average Bonchev–Trinajstić information content (AvgIpc) is 3.16. The van der Waals surface area contributed by atoms with Gasteiger partial charge in [-0.1, -0.05) is 53.6 Å². The van der Waals surface area contributed by atoms with Crippen LogP contribution < -0.4 is 10.9 Å².